The summed E-state index contributed by atoms with van der Waals surface area (Å²) >= 11 is 7.87. The number of carbonyl (C=O) groups is 2. The summed E-state index contributed by atoms with van der Waals surface area (Å²) in [6.45, 7) is 0. The predicted molar refractivity (Wildman–Crippen MR) is 162 cm³/mol. The van der Waals surface area contributed by atoms with Crippen LogP contribution in [-0.2, 0) is 11.2 Å². The van der Waals surface area contributed by atoms with E-state index in [0.29, 0.717) is 29.2 Å². The van der Waals surface area contributed by atoms with Crippen molar-refractivity contribution in [1.29, 1.82) is 0 Å². The highest BCUT2D eigenvalue weighted by molar-refractivity contribution is 7.99. The van der Waals surface area contributed by atoms with Gasteiger partial charge in [0, 0.05) is 41.9 Å². The van der Waals surface area contributed by atoms with E-state index >= 15 is 0 Å². The van der Waals surface area contributed by atoms with Gasteiger partial charge in [-0.2, -0.15) is 11.8 Å². The van der Waals surface area contributed by atoms with E-state index in [1.807, 2.05) is 60.7 Å². The van der Waals surface area contributed by atoms with E-state index in [-0.39, 0.29) is 11.2 Å². The molecule has 200 valence electrons. The predicted octanol–water partition coefficient (Wildman–Crippen LogP) is 7.64. The Morgan fingerprint density at radius 3 is 2.59 bits per heavy atom. The average Bonchev–Trinajstić information content (AvgIpc) is 2.93. The van der Waals surface area contributed by atoms with Gasteiger partial charge in [0.05, 0.1) is 16.8 Å². The molecule has 1 atom stereocenters. The second-order valence-corrected chi connectivity index (χ2v) is 11.2. The van der Waals surface area contributed by atoms with Gasteiger partial charge in [0.2, 0.25) is 5.91 Å². The summed E-state index contributed by atoms with van der Waals surface area (Å²) in [5, 5.41) is 11.4. The second-order valence-electron chi connectivity index (χ2n) is 9.48. The molecule has 0 fully saturated rings. The summed E-state index contributed by atoms with van der Waals surface area (Å²) in [4.78, 5) is 30.2. The van der Waals surface area contributed by atoms with Crippen molar-refractivity contribution in [2.75, 3.05) is 19.8 Å². The van der Waals surface area contributed by atoms with Crippen LogP contribution in [0.5, 0.6) is 0 Å². The van der Waals surface area contributed by atoms with Crippen molar-refractivity contribution >= 4 is 58.3 Å². The Labute approximate surface area is 238 Å². The zero-order chi connectivity index (χ0) is 27.8. The highest BCUT2D eigenvalue weighted by Gasteiger charge is 2.17. The molecule has 1 aromatic heterocycles. The van der Waals surface area contributed by atoms with Crippen molar-refractivity contribution in [2.45, 2.75) is 24.5 Å². The molecule has 0 aliphatic heterocycles. The number of halogens is 1. The molecule has 5 nitrogen and oxygen atoms in total. The van der Waals surface area contributed by atoms with Crippen LogP contribution >= 0.6 is 23.4 Å². The third kappa shape index (κ3) is 7.94. The van der Waals surface area contributed by atoms with Gasteiger partial charge in [-0.25, -0.2) is 9.78 Å². The first-order valence-corrected chi connectivity index (χ1v) is 14.2. The summed E-state index contributed by atoms with van der Waals surface area (Å²) in [5.74, 6) is -0.132. The number of benzene rings is 3. The fourth-order valence-electron chi connectivity index (χ4n) is 4.34. The molecule has 0 aliphatic carbocycles. The maximum atomic E-state index is 12.2. The first-order chi connectivity index (χ1) is 18.8. The molecule has 0 aliphatic rings. The Bertz CT molecular complexity index is 1500. The third-order valence-corrected chi connectivity index (χ3v) is 8.05. The van der Waals surface area contributed by atoms with Crippen LogP contribution in [-0.4, -0.2) is 46.7 Å². The van der Waals surface area contributed by atoms with Crippen LogP contribution in [0.1, 0.15) is 50.8 Å². The highest BCUT2D eigenvalue weighted by Crippen LogP contribution is 2.35. The SMILES string of the molecule is CN(C)C(=O)CCSC(CCc1ccccc1C(=O)O)c1cccc(/C=C/c2ccc3ccc(Cl)cc3n2)c1. The molecule has 7 heteroatoms. The number of pyridine rings is 1. The Kier molecular flexibility index (Phi) is 9.79. The Morgan fingerprint density at radius 2 is 1.79 bits per heavy atom. The molecule has 4 rings (SSSR count). The van der Waals surface area contributed by atoms with Crippen LogP contribution in [0, 0.1) is 0 Å². The number of rotatable bonds is 11. The molecule has 1 N–H and O–H groups in total. The van der Waals surface area contributed by atoms with Crippen molar-refractivity contribution in [3.8, 4) is 0 Å². The van der Waals surface area contributed by atoms with Gasteiger partial charge in [0.15, 0.2) is 0 Å². The van der Waals surface area contributed by atoms with E-state index in [2.05, 4.69) is 18.2 Å². The number of carbonyl (C=O) groups excluding carboxylic acids is 1. The van der Waals surface area contributed by atoms with Crippen LogP contribution in [0.15, 0.2) is 78.9 Å². The maximum absolute atomic E-state index is 12.2. The lowest BCUT2D eigenvalue weighted by atomic mass is 9.98. The molecule has 0 spiro atoms. The van der Waals surface area contributed by atoms with E-state index in [0.717, 1.165) is 39.7 Å². The minimum Gasteiger partial charge on any atom is -0.478 e. The van der Waals surface area contributed by atoms with Gasteiger partial charge >= 0.3 is 5.97 Å². The summed E-state index contributed by atoms with van der Waals surface area (Å²) in [7, 11) is 3.53. The number of hydrogen-bond donors (Lipinski definition) is 1. The summed E-state index contributed by atoms with van der Waals surface area (Å²) in [5.41, 5.74) is 5.03. The van der Waals surface area contributed by atoms with Gasteiger partial charge in [-0.05, 0) is 59.9 Å². The highest BCUT2D eigenvalue weighted by atomic mass is 35.5. The number of carboxylic acid groups (broad SMARTS) is 1. The molecule has 0 bridgehead atoms. The number of nitrogens with zero attached hydrogens (tertiary/aromatic N) is 2. The van der Waals surface area contributed by atoms with E-state index in [1.54, 1.807) is 42.9 Å². The molecule has 1 amide bonds. The van der Waals surface area contributed by atoms with Gasteiger partial charge in [-0.1, -0.05) is 72.3 Å². The number of aromatic carboxylic acids is 1. The number of fused-ring (bicyclic) bond motifs is 1. The Balaban J connectivity index is 1.54. The average molecular weight is 559 g/mol. The number of aromatic nitrogens is 1. The molecular formula is C32H31ClN2O3S. The zero-order valence-corrected chi connectivity index (χ0v) is 23.6. The molecule has 0 saturated heterocycles. The minimum absolute atomic E-state index is 0.0957. The molecule has 0 radical (unpaired) electrons. The van der Waals surface area contributed by atoms with E-state index in [1.165, 1.54) is 0 Å². The maximum Gasteiger partial charge on any atom is 0.335 e. The second kappa shape index (κ2) is 13.5. The lowest BCUT2D eigenvalue weighted by molar-refractivity contribution is -0.128. The van der Waals surface area contributed by atoms with Gasteiger partial charge < -0.3 is 10.0 Å². The van der Waals surface area contributed by atoms with Crippen LogP contribution in [0.4, 0.5) is 0 Å². The number of hydrogen-bond acceptors (Lipinski definition) is 4. The number of carboxylic acids is 1. The van der Waals surface area contributed by atoms with Crippen LogP contribution < -0.4 is 0 Å². The molecule has 0 saturated carbocycles. The fourth-order valence-corrected chi connectivity index (χ4v) is 5.70. The quantitative estimate of drug-likeness (QED) is 0.205. The number of thioether (sulfide) groups is 1. The third-order valence-electron chi connectivity index (χ3n) is 6.46. The molecular weight excluding hydrogens is 528 g/mol. The number of aryl methyl sites for hydroxylation is 1. The van der Waals surface area contributed by atoms with Gasteiger partial charge in [0.1, 0.15) is 0 Å². The van der Waals surface area contributed by atoms with Crippen LogP contribution in [0.2, 0.25) is 5.02 Å². The van der Waals surface area contributed by atoms with Crippen molar-refractivity contribution in [2.24, 2.45) is 0 Å². The molecule has 1 heterocycles. The van der Waals surface area contributed by atoms with Gasteiger partial charge in [-0.3, -0.25) is 4.79 Å². The van der Waals surface area contributed by atoms with Crippen molar-refractivity contribution in [1.82, 2.24) is 9.88 Å². The van der Waals surface area contributed by atoms with E-state index < -0.39 is 5.97 Å². The van der Waals surface area contributed by atoms with Crippen LogP contribution in [0.25, 0.3) is 23.1 Å². The lowest BCUT2D eigenvalue weighted by Gasteiger charge is -2.19. The lowest BCUT2D eigenvalue weighted by Crippen LogP contribution is -2.22. The van der Waals surface area contributed by atoms with E-state index in [9.17, 15) is 14.7 Å². The smallest absolute Gasteiger partial charge is 0.335 e. The Hall–Kier alpha value is -3.61. The monoisotopic (exact) mass is 558 g/mol. The molecule has 4 aromatic rings. The van der Waals surface area contributed by atoms with Crippen molar-refractivity contribution < 1.29 is 14.7 Å². The Morgan fingerprint density at radius 1 is 1.00 bits per heavy atom. The minimum atomic E-state index is -0.914. The standard InChI is InChI=1S/C32H31ClN2O3S/c1-35(2)31(36)18-19-39-30(17-13-23-7-3-4-9-28(23)32(37)38)25-8-5-6-22(20-25)10-15-27-16-12-24-11-14-26(33)21-29(24)34-27/h3-12,14-16,20-21,30H,13,17-19H2,1-2H3,(H,37,38)/b15-10+. The first-order valence-electron chi connectivity index (χ1n) is 12.8. The molecule has 39 heavy (non-hydrogen) atoms. The summed E-state index contributed by atoms with van der Waals surface area (Å²) in [6, 6.07) is 25.2. The van der Waals surface area contributed by atoms with Crippen molar-refractivity contribution in [3.63, 3.8) is 0 Å². The normalized spacial score (nSPS) is 12.1. The van der Waals surface area contributed by atoms with E-state index in [4.69, 9.17) is 16.6 Å². The van der Waals surface area contributed by atoms with Crippen molar-refractivity contribution in [3.05, 3.63) is 112 Å². The summed E-state index contributed by atoms with van der Waals surface area (Å²) < 4.78 is 0. The number of amides is 1. The largest absolute Gasteiger partial charge is 0.478 e. The van der Waals surface area contributed by atoms with Gasteiger partial charge in [-0.15, -0.1) is 0 Å². The zero-order valence-electron chi connectivity index (χ0n) is 22.0. The van der Waals surface area contributed by atoms with Crippen LogP contribution in [0.3, 0.4) is 0 Å². The molecule has 1 unspecified atom stereocenters. The summed E-state index contributed by atoms with van der Waals surface area (Å²) in [6.07, 6.45) is 5.87. The first kappa shape index (κ1) is 28.4. The molecule has 3 aromatic carbocycles. The topological polar surface area (TPSA) is 70.5 Å². The fraction of sp³-hybridized carbons (Fsp3) is 0.219. The van der Waals surface area contributed by atoms with Gasteiger partial charge in [0.25, 0.3) is 0 Å².